The van der Waals surface area contributed by atoms with Crippen molar-refractivity contribution in [3.05, 3.63) is 41.5 Å². The van der Waals surface area contributed by atoms with Crippen LogP contribution in [0.25, 0.3) is 5.57 Å². The molecule has 17 heavy (non-hydrogen) atoms. The molecule has 2 heteroatoms. The van der Waals surface area contributed by atoms with Crippen molar-refractivity contribution in [2.75, 3.05) is 6.61 Å². The molecule has 0 amide bonds. The van der Waals surface area contributed by atoms with Gasteiger partial charge in [0.1, 0.15) is 0 Å². The largest absolute Gasteiger partial charge is 0.462 e. The highest BCUT2D eigenvalue weighted by Gasteiger charge is 2.11. The van der Waals surface area contributed by atoms with E-state index >= 15 is 0 Å². The van der Waals surface area contributed by atoms with Crippen molar-refractivity contribution in [2.45, 2.75) is 33.6 Å². The Morgan fingerprint density at radius 1 is 1.29 bits per heavy atom. The molecular formula is C15H20O2. The average Bonchev–Trinajstić information content (AvgIpc) is 2.31. The summed E-state index contributed by atoms with van der Waals surface area (Å²) in [5.74, 6) is 0.244. The number of rotatable bonds is 4. The highest BCUT2D eigenvalue weighted by atomic mass is 16.5. The molecule has 0 radical (unpaired) electrons. The predicted octanol–water partition coefficient (Wildman–Crippen LogP) is 3.78. The summed E-state index contributed by atoms with van der Waals surface area (Å²) in [4.78, 5) is 11.7. The first-order chi connectivity index (χ1) is 8.10. The Morgan fingerprint density at radius 2 is 1.88 bits per heavy atom. The number of ether oxygens (including phenoxy) is 1. The molecule has 1 aromatic rings. The van der Waals surface area contributed by atoms with Crippen LogP contribution in [-0.2, 0) is 9.53 Å². The van der Waals surface area contributed by atoms with Crippen molar-refractivity contribution >= 4 is 11.5 Å². The number of carbonyl (C=O) groups is 1. The number of benzene rings is 1. The van der Waals surface area contributed by atoms with Crippen molar-refractivity contribution in [2.24, 2.45) is 0 Å². The second-order valence-electron chi connectivity index (χ2n) is 4.20. The van der Waals surface area contributed by atoms with Crippen molar-refractivity contribution in [1.82, 2.24) is 0 Å². The van der Waals surface area contributed by atoms with Crippen LogP contribution >= 0.6 is 0 Å². The maximum atomic E-state index is 11.7. The Kier molecular flexibility index (Phi) is 4.95. The normalized spacial score (nSPS) is 11.7. The molecule has 0 saturated heterocycles. The number of allylic oxidation sites excluding steroid dienone is 1. The van der Waals surface area contributed by atoms with Gasteiger partial charge in [-0.25, -0.2) is 4.79 Å². The molecule has 0 aliphatic heterocycles. The van der Waals surface area contributed by atoms with Gasteiger partial charge in [0.2, 0.25) is 0 Å². The summed E-state index contributed by atoms with van der Waals surface area (Å²) < 4.78 is 5.02. The molecule has 0 unspecified atom stereocenters. The summed E-state index contributed by atoms with van der Waals surface area (Å²) in [7, 11) is 0. The van der Waals surface area contributed by atoms with Crippen LogP contribution in [0.4, 0.5) is 0 Å². The monoisotopic (exact) mass is 232 g/mol. The summed E-state index contributed by atoms with van der Waals surface area (Å²) in [6, 6.07) is 8.06. The molecule has 1 rings (SSSR count). The van der Waals surface area contributed by atoms with Crippen molar-refractivity contribution in [3.63, 3.8) is 0 Å². The Labute approximate surface area is 103 Å². The minimum Gasteiger partial charge on any atom is -0.462 e. The standard InChI is InChI=1S/C15H20O2/c1-5-14(15(16)17-6-2)13-9-7-12(8-10-13)11(3)4/h5,7-11H,6H2,1-4H3. The van der Waals surface area contributed by atoms with E-state index in [1.165, 1.54) is 5.56 Å². The summed E-state index contributed by atoms with van der Waals surface area (Å²) in [5.41, 5.74) is 2.81. The van der Waals surface area contributed by atoms with Crippen LogP contribution in [0.5, 0.6) is 0 Å². The Hall–Kier alpha value is -1.57. The third-order valence-corrected chi connectivity index (χ3v) is 2.67. The molecule has 0 saturated carbocycles. The van der Waals surface area contributed by atoms with E-state index in [1.807, 2.05) is 26.0 Å². The first kappa shape index (κ1) is 13.5. The number of hydrogen-bond donors (Lipinski definition) is 0. The van der Waals surface area contributed by atoms with Crippen molar-refractivity contribution in [3.8, 4) is 0 Å². The van der Waals surface area contributed by atoms with E-state index in [1.54, 1.807) is 6.08 Å². The molecular weight excluding hydrogens is 212 g/mol. The van der Waals surface area contributed by atoms with Gasteiger partial charge in [-0.2, -0.15) is 0 Å². The van der Waals surface area contributed by atoms with Gasteiger partial charge in [-0.3, -0.25) is 0 Å². The molecule has 0 aliphatic carbocycles. The van der Waals surface area contributed by atoms with E-state index in [4.69, 9.17) is 4.74 Å². The topological polar surface area (TPSA) is 26.3 Å². The zero-order valence-electron chi connectivity index (χ0n) is 11.0. The van der Waals surface area contributed by atoms with Gasteiger partial charge in [-0.1, -0.05) is 44.2 Å². The van der Waals surface area contributed by atoms with E-state index in [2.05, 4.69) is 26.0 Å². The van der Waals surface area contributed by atoms with E-state index in [-0.39, 0.29) is 5.97 Å². The Bertz CT molecular complexity index is 399. The minimum absolute atomic E-state index is 0.257. The molecule has 92 valence electrons. The number of carbonyl (C=O) groups excluding carboxylic acids is 1. The molecule has 0 N–H and O–H groups in total. The van der Waals surface area contributed by atoms with E-state index in [0.717, 1.165) is 5.56 Å². The van der Waals surface area contributed by atoms with Gasteiger partial charge in [0.05, 0.1) is 12.2 Å². The van der Waals surface area contributed by atoms with Gasteiger partial charge >= 0.3 is 5.97 Å². The van der Waals surface area contributed by atoms with Crippen LogP contribution in [0.3, 0.4) is 0 Å². The highest BCUT2D eigenvalue weighted by molar-refractivity contribution is 6.16. The molecule has 2 nitrogen and oxygen atoms in total. The summed E-state index contributed by atoms with van der Waals surface area (Å²) in [5, 5.41) is 0. The first-order valence-electron chi connectivity index (χ1n) is 6.03. The van der Waals surface area contributed by atoms with Gasteiger partial charge in [-0.05, 0) is 30.9 Å². The van der Waals surface area contributed by atoms with Crippen LogP contribution in [0.2, 0.25) is 0 Å². The summed E-state index contributed by atoms with van der Waals surface area (Å²) in [6.07, 6.45) is 1.79. The second-order valence-corrected chi connectivity index (χ2v) is 4.20. The zero-order valence-corrected chi connectivity index (χ0v) is 11.0. The van der Waals surface area contributed by atoms with Crippen LogP contribution in [0.15, 0.2) is 30.3 Å². The summed E-state index contributed by atoms with van der Waals surface area (Å²) >= 11 is 0. The van der Waals surface area contributed by atoms with Crippen LogP contribution in [-0.4, -0.2) is 12.6 Å². The van der Waals surface area contributed by atoms with Crippen LogP contribution in [0, 0.1) is 0 Å². The van der Waals surface area contributed by atoms with Crippen LogP contribution < -0.4 is 0 Å². The lowest BCUT2D eigenvalue weighted by Gasteiger charge is -2.09. The lowest BCUT2D eigenvalue weighted by molar-refractivity contribution is -0.136. The summed E-state index contributed by atoms with van der Waals surface area (Å²) in [6.45, 7) is 8.36. The van der Waals surface area contributed by atoms with Gasteiger partial charge in [-0.15, -0.1) is 0 Å². The quantitative estimate of drug-likeness (QED) is 0.583. The van der Waals surface area contributed by atoms with Gasteiger partial charge in [0.25, 0.3) is 0 Å². The van der Waals surface area contributed by atoms with E-state index in [0.29, 0.717) is 18.1 Å². The molecule has 0 atom stereocenters. The molecule has 0 fully saturated rings. The third kappa shape index (κ3) is 3.45. The zero-order chi connectivity index (χ0) is 12.8. The maximum Gasteiger partial charge on any atom is 0.338 e. The maximum absolute atomic E-state index is 11.7. The Morgan fingerprint density at radius 3 is 2.29 bits per heavy atom. The van der Waals surface area contributed by atoms with Crippen LogP contribution in [0.1, 0.15) is 44.7 Å². The molecule has 0 heterocycles. The Balaban J connectivity index is 2.94. The first-order valence-corrected chi connectivity index (χ1v) is 6.03. The van der Waals surface area contributed by atoms with Crippen molar-refractivity contribution < 1.29 is 9.53 Å². The van der Waals surface area contributed by atoms with Gasteiger partial charge < -0.3 is 4.74 Å². The lowest BCUT2D eigenvalue weighted by atomic mass is 9.99. The van der Waals surface area contributed by atoms with Crippen molar-refractivity contribution in [1.29, 1.82) is 0 Å². The SMILES string of the molecule is CC=C(C(=O)OCC)c1ccc(C(C)C)cc1. The second kappa shape index (κ2) is 6.24. The molecule has 0 aliphatic rings. The lowest BCUT2D eigenvalue weighted by Crippen LogP contribution is -2.06. The molecule has 0 spiro atoms. The predicted molar refractivity (Wildman–Crippen MR) is 70.8 cm³/mol. The molecule has 1 aromatic carbocycles. The highest BCUT2D eigenvalue weighted by Crippen LogP contribution is 2.20. The number of esters is 1. The average molecular weight is 232 g/mol. The van der Waals surface area contributed by atoms with Gasteiger partial charge in [0.15, 0.2) is 0 Å². The minimum atomic E-state index is -0.257. The fourth-order valence-corrected chi connectivity index (χ4v) is 1.66. The number of hydrogen-bond acceptors (Lipinski definition) is 2. The van der Waals surface area contributed by atoms with E-state index < -0.39 is 0 Å². The molecule has 0 aromatic heterocycles. The fraction of sp³-hybridized carbons (Fsp3) is 0.400. The third-order valence-electron chi connectivity index (χ3n) is 2.67. The molecule has 0 bridgehead atoms. The smallest absolute Gasteiger partial charge is 0.338 e. The van der Waals surface area contributed by atoms with Gasteiger partial charge in [0, 0.05) is 0 Å². The van der Waals surface area contributed by atoms with E-state index in [9.17, 15) is 4.79 Å². The fourth-order valence-electron chi connectivity index (χ4n) is 1.66.